The smallest absolute Gasteiger partial charge is 0.159 e. The third kappa shape index (κ3) is 1.06. The molecular weight excluding hydrogens is 228 g/mol. The van der Waals surface area contributed by atoms with Crippen LogP contribution in [0.15, 0.2) is 0 Å². The van der Waals surface area contributed by atoms with Crippen molar-refractivity contribution in [2.24, 2.45) is 0 Å². The van der Waals surface area contributed by atoms with Crippen LogP contribution in [0, 0.1) is 0 Å². The van der Waals surface area contributed by atoms with E-state index in [1.54, 1.807) is 0 Å². The van der Waals surface area contributed by atoms with Gasteiger partial charge in [-0.1, -0.05) is 15.9 Å². The van der Waals surface area contributed by atoms with Gasteiger partial charge >= 0.3 is 0 Å². The average Bonchev–Trinajstić information content (AvgIpc) is 2.85. The zero-order valence-electron chi connectivity index (χ0n) is 6.22. The van der Waals surface area contributed by atoms with Crippen LogP contribution in [-0.4, -0.2) is 23.7 Å². The van der Waals surface area contributed by atoms with Crippen molar-refractivity contribution in [1.82, 2.24) is 0 Å². The zero-order valence-corrected chi connectivity index (χ0v) is 8.62. The first-order chi connectivity index (χ1) is 5.12. The third-order valence-electron chi connectivity index (χ3n) is 2.62. The summed E-state index contributed by atoms with van der Waals surface area (Å²) in [6.45, 7) is 0. The van der Waals surface area contributed by atoms with Gasteiger partial charge in [0.1, 0.15) is 0 Å². The number of rotatable bonds is 3. The van der Waals surface area contributed by atoms with Crippen molar-refractivity contribution in [2.45, 2.75) is 35.7 Å². The Bertz CT molecular complexity index is 262. The van der Waals surface area contributed by atoms with Gasteiger partial charge in [0.25, 0.3) is 0 Å². The van der Waals surface area contributed by atoms with Crippen LogP contribution in [0.5, 0.6) is 0 Å². The maximum Gasteiger partial charge on any atom is 0.159 e. The standard InChI is InChI=1S/C7H11BrO2S/c8-5-7(3-4-7)11(9,10)6-1-2-6/h6H,1-5H2. The van der Waals surface area contributed by atoms with E-state index in [2.05, 4.69) is 15.9 Å². The minimum Gasteiger partial charge on any atom is -0.228 e. The summed E-state index contributed by atoms with van der Waals surface area (Å²) >= 11 is 3.29. The number of halogens is 1. The highest BCUT2D eigenvalue weighted by atomic mass is 79.9. The lowest BCUT2D eigenvalue weighted by atomic mass is 10.5. The van der Waals surface area contributed by atoms with Gasteiger partial charge in [0.05, 0.1) is 10.00 Å². The summed E-state index contributed by atoms with van der Waals surface area (Å²) < 4.78 is 23.0. The molecule has 2 saturated carbocycles. The molecular formula is C7H11BrO2S. The van der Waals surface area contributed by atoms with E-state index in [-0.39, 0.29) is 10.00 Å². The molecule has 0 bridgehead atoms. The molecule has 2 aliphatic rings. The Morgan fingerprint density at radius 1 is 1.36 bits per heavy atom. The molecule has 2 rings (SSSR count). The van der Waals surface area contributed by atoms with E-state index >= 15 is 0 Å². The van der Waals surface area contributed by atoms with E-state index in [1.165, 1.54) is 0 Å². The molecule has 0 saturated heterocycles. The van der Waals surface area contributed by atoms with E-state index in [1.807, 2.05) is 0 Å². The van der Waals surface area contributed by atoms with Gasteiger partial charge in [-0.3, -0.25) is 0 Å². The van der Waals surface area contributed by atoms with Crippen LogP contribution in [0.3, 0.4) is 0 Å². The molecule has 0 heterocycles. The molecule has 2 aliphatic carbocycles. The fourth-order valence-corrected chi connectivity index (χ4v) is 5.17. The van der Waals surface area contributed by atoms with Crippen LogP contribution in [0.2, 0.25) is 0 Å². The Hall–Kier alpha value is 0.430. The van der Waals surface area contributed by atoms with Crippen molar-refractivity contribution in [3.63, 3.8) is 0 Å². The largest absolute Gasteiger partial charge is 0.228 e. The number of hydrogen-bond acceptors (Lipinski definition) is 2. The predicted molar refractivity (Wildman–Crippen MR) is 47.7 cm³/mol. The molecule has 64 valence electrons. The first kappa shape index (κ1) is 8.05. The van der Waals surface area contributed by atoms with Gasteiger partial charge in [0.15, 0.2) is 9.84 Å². The van der Waals surface area contributed by atoms with E-state index < -0.39 is 9.84 Å². The van der Waals surface area contributed by atoms with Crippen molar-refractivity contribution < 1.29 is 8.42 Å². The number of hydrogen-bond donors (Lipinski definition) is 0. The summed E-state index contributed by atoms with van der Waals surface area (Å²) in [5, 5.41) is 0.654. The topological polar surface area (TPSA) is 34.1 Å². The lowest BCUT2D eigenvalue weighted by Gasteiger charge is -2.11. The Kier molecular flexibility index (Phi) is 1.63. The molecule has 4 heteroatoms. The van der Waals surface area contributed by atoms with Crippen LogP contribution >= 0.6 is 15.9 Å². The summed E-state index contributed by atoms with van der Waals surface area (Å²) in [6, 6.07) is 0. The highest BCUT2D eigenvalue weighted by Gasteiger charge is 2.58. The summed E-state index contributed by atoms with van der Waals surface area (Å²) in [4.78, 5) is 0. The second-order valence-corrected chi connectivity index (χ2v) is 6.74. The van der Waals surface area contributed by atoms with Crippen molar-refractivity contribution in [3.05, 3.63) is 0 Å². The van der Waals surface area contributed by atoms with Crippen LogP contribution in [0.4, 0.5) is 0 Å². The number of sulfone groups is 1. The zero-order chi connectivity index (χ0) is 8.11. The van der Waals surface area contributed by atoms with Gasteiger partial charge in [-0.15, -0.1) is 0 Å². The van der Waals surface area contributed by atoms with Crippen LogP contribution in [0.1, 0.15) is 25.7 Å². The van der Waals surface area contributed by atoms with Crippen LogP contribution in [-0.2, 0) is 9.84 Å². The molecule has 0 amide bonds. The molecule has 2 fully saturated rings. The molecule has 0 atom stereocenters. The predicted octanol–water partition coefficient (Wildman–Crippen LogP) is 1.49. The molecule has 0 aliphatic heterocycles. The maximum absolute atomic E-state index is 11.7. The number of alkyl halides is 1. The Labute approximate surface area is 75.4 Å². The fraction of sp³-hybridized carbons (Fsp3) is 1.00. The Balaban J connectivity index is 2.25. The SMILES string of the molecule is O=S(=O)(C1CC1)C1(CBr)CC1. The van der Waals surface area contributed by atoms with E-state index in [4.69, 9.17) is 0 Å². The molecule has 2 nitrogen and oxygen atoms in total. The minimum atomic E-state index is -2.75. The fourth-order valence-electron chi connectivity index (χ4n) is 1.37. The monoisotopic (exact) mass is 238 g/mol. The summed E-state index contributed by atoms with van der Waals surface area (Å²) in [5.41, 5.74) is 0. The third-order valence-corrected chi connectivity index (χ3v) is 7.17. The summed E-state index contributed by atoms with van der Waals surface area (Å²) in [6.07, 6.45) is 3.54. The van der Waals surface area contributed by atoms with Crippen molar-refractivity contribution in [2.75, 3.05) is 5.33 Å². The van der Waals surface area contributed by atoms with Gasteiger partial charge in [-0.05, 0) is 25.7 Å². The molecule has 0 aromatic rings. The van der Waals surface area contributed by atoms with Gasteiger partial charge in [-0.25, -0.2) is 8.42 Å². The molecule has 0 aromatic heterocycles. The maximum atomic E-state index is 11.7. The van der Waals surface area contributed by atoms with Gasteiger partial charge in [0, 0.05) is 5.33 Å². The van der Waals surface area contributed by atoms with Crippen LogP contribution < -0.4 is 0 Å². The van der Waals surface area contributed by atoms with Crippen molar-refractivity contribution in [3.8, 4) is 0 Å². The second-order valence-electron chi connectivity index (χ2n) is 3.56. The molecule has 11 heavy (non-hydrogen) atoms. The first-order valence-corrected chi connectivity index (χ1v) is 6.59. The van der Waals surface area contributed by atoms with E-state index in [0.717, 1.165) is 25.7 Å². The molecule has 0 radical (unpaired) electrons. The van der Waals surface area contributed by atoms with E-state index in [9.17, 15) is 8.42 Å². The lowest BCUT2D eigenvalue weighted by Crippen LogP contribution is -2.28. The summed E-state index contributed by atoms with van der Waals surface area (Å²) in [5.74, 6) is 0. The van der Waals surface area contributed by atoms with Crippen molar-refractivity contribution >= 4 is 25.8 Å². The first-order valence-electron chi connectivity index (χ1n) is 3.92. The highest BCUT2D eigenvalue weighted by molar-refractivity contribution is 9.09. The van der Waals surface area contributed by atoms with Gasteiger partial charge < -0.3 is 0 Å². The Morgan fingerprint density at radius 2 is 1.91 bits per heavy atom. The molecule has 0 unspecified atom stereocenters. The molecule has 0 aromatic carbocycles. The Morgan fingerprint density at radius 3 is 2.18 bits per heavy atom. The highest BCUT2D eigenvalue weighted by Crippen LogP contribution is 2.50. The lowest BCUT2D eigenvalue weighted by molar-refractivity contribution is 0.582. The average molecular weight is 239 g/mol. The van der Waals surface area contributed by atoms with Crippen molar-refractivity contribution in [1.29, 1.82) is 0 Å². The van der Waals surface area contributed by atoms with Gasteiger partial charge in [0.2, 0.25) is 0 Å². The molecule has 0 N–H and O–H groups in total. The van der Waals surface area contributed by atoms with Crippen LogP contribution in [0.25, 0.3) is 0 Å². The quantitative estimate of drug-likeness (QED) is 0.699. The second kappa shape index (κ2) is 2.22. The molecule has 0 spiro atoms. The minimum absolute atomic E-state index is 0.0162. The van der Waals surface area contributed by atoms with E-state index in [0.29, 0.717) is 5.33 Å². The summed E-state index contributed by atoms with van der Waals surface area (Å²) in [7, 11) is -2.75. The normalized spacial score (nSPS) is 28.5. The van der Waals surface area contributed by atoms with Gasteiger partial charge in [-0.2, -0.15) is 0 Å².